The largest absolute Gasteiger partial charge is 0.375 e. The van der Waals surface area contributed by atoms with Gasteiger partial charge in [-0.1, -0.05) is 13.8 Å². The predicted octanol–water partition coefficient (Wildman–Crippen LogP) is 2.25. The Kier molecular flexibility index (Phi) is 6.14. The van der Waals surface area contributed by atoms with Crippen LogP contribution in [0.5, 0.6) is 0 Å². The van der Waals surface area contributed by atoms with Crippen LogP contribution in [-0.4, -0.2) is 32.2 Å². The van der Waals surface area contributed by atoms with Gasteiger partial charge in [-0.25, -0.2) is 0 Å². The van der Waals surface area contributed by atoms with Crippen molar-refractivity contribution in [3.05, 3.63) is 0 Å². The molecule has 1 aliphatic heterocycles. The molecule has 4 atom stereocenters. The maximum Gasteiger partial charge on any atom is 0.139 e. The van der Waals surface area contributed by atoms with E-state index >= 15 is 0 Å². The molecule has 0 aromatic heterocycles. The smallest absolute Gasteiger partial charge is 0.139 e. The van der Waals surface area contributed by atoms with Crippen molar-refractivity contribution >= 4 is 53.9 Å². The minimum atomic E-state index is -0.261. The molecule has 0 aliphatic carbocycles. The molecule has 1 rings (SSSR count). The summed E-state index contributed by atoms with van der Waals surface area (Å²) >= 11 is 3.91. The van der Waals surface area contributed by atoms with Crippen molar-refractivity contribution in [1.82, 2.24) is 0 Å². The Balaban J connectivity index is 2.87. The van der Waals surface area contributed by atoms with Gasteiger partial charge in [-0.15, -0.1) is 0 Å². The molecule has 0 unspecified atom stereocenters. The lowest BCUT2D eigenvalue weighted by atomic mass is 9.80. The Labute approximate surface area is 121 Å². The summed E-state index contributed by atoms with van der Waals surface area (Å²) in [7, 11) is 2.13. The molecule has 0 spiro atoms. The number of hydrogen-bond donors (Lipinski definition) is 0. The average molecular weight is 438 g/mol. The third-order valence-corrected chi connectivity index (χ3v) is 4.25. The van der Waals surface area contributed by atoms with Crippen LogP contribution in [0.2, 0.25) is 0 Å². The van der Waals surface area contributed by atoms with Crippen LogP contribution in [-0.2, 0) is 10.9 Å². The standard InChI is InChI=1S/C9H17BI2O3/c1-3-6-7(15-12)9(4-2,5-13-11)14-8(6)10/h6-8H,3-5,10H2,1-2H3/t6-,7+,8-,9-/m1/s1. The van der Waals surface area contributed by atoms with Gasteiger partial charge in [-0.3, -0.25) is 0 Å². The van der Waals surface area contributed by atoms with E-state index in [4.69, 9.17) is 10.9 Å². The Hall–Kier alpha value is 1.40. The second kappa shape index (κ2) is 6.37. The van der Waals surface area contributed by atoms with Gasteiger partial charge in [0.05, 0.1) is 6.61 Å². The van der Waals surface area contributed by atoms with E-state index in [9.17, 15) is 0 Å². The van der Waals surface area contributed by atoms with Crippen LogP contribution in [0.15, 0.2) is 0 Å². The zero-order valence-electron chi connectivity index (χ0n) is 9.33. The zero-order valence-corrected chi connectivity index (χ0v) is 13.6. The van der Waals surface area contributed by atoms with E-state index in [0.29, 0.717) is 12.5 Å². The van der Waals surface area contributed by atoms with Crippen molar-refractivity contribution in [1.29, 1.82) is 0 Å². The minimum absolute atomic E-state index is 0.137. The van der Waals surface area contributed by atoms with Crippen molar-refractivity contribution in [2.45, 2.75) is 44.4 Å². The summed E-state index contributed by atoms with van der Waals surface area (Å²) in [5.74, 6) is 0.466. The molecular weight excluding hydrogens is 421 g/mol. The second-order valence-corrected chi connectivity index (χ2v) is 5.21. The molecule has 0 aromatic rings. The van der Waals surface area contributed by atoms with E-state index in [0.717, 1.165) is 12.8 Å². The second-order valence-electron chi connectivity index (χ2n) is 4.08. The van der Waals surface area contributed by atoms with Crippen molar-refractivity contribution in [3.63, 3.8) is 0 Å². The van der Waals surface area contributed by atoms with Crippen molar-refractivity contribution in [3.8, 4) is 0 Å². The van der Waals surface area contributed by atoms with Gasteiger partial charge in [0.15, 0.2) is 0 Å². The highest BCUT2D eigenvalue weighted by atomic mass is 127. The molecule has 0 saturated carbocycles. The molecule has 1 heterocycles. The van der Waals surface area contributed by atoms with E-state index in [-0.39, 0.29) is 17.7 Å². The molecule has 6 heteroatoms. The first-order valence-electron chi connectivity index (χ1n) is 5.34. The van der Waals surface area contributed by atoms with Gasteiger partial charge in [0.2, 0.25) is 0 Å². The predicted molar refractivity (Wildman–Crippen MR) is 79.1 cm³/mol. The summed E-state index contributed by atoms with van der Waals surface area (Å²) in [6, 6.07) is 0.251. The zero-order chi connectivity index (χ0) is 11.5. The topological polar surface area (TPSA) is 27.7 Å². The van der Waals surface area contributed by atoms with Gasteiger partial charge in [0.25, 0.3) is 0 Å². The number of ether oxygens (including phenoxy) is 1. The van der Waals surface area contributed by atoms with Crippen LogP contribution in [0.1, 0.15) is 26.7 Å². The van der Waals surface area contributed by atoms with Crippen LogP contribution < -0.4 is 0 Å². The molecule has 88 valence electrons. The molecule has 0 radical (unpaired) electrons. The molecule has 15 heavy (non-hydrogen) atoms. The highest BCUT2D eigenvalue weighted by Crippen LogP contribution is 2.41. The molecule has 0 amide bonds. The van der Waals surface area contributed by atoms with Crippen LogP contribution in [0.3, 0.4) is 0 Å². The molecule has 0 aromatic carbocycles. The minimum Gasteiger partial charge on any atom is -0.375 e. The van der Waals surface area contributed by atoms with Crippen molar-refractivity contribution in [2.24, 2.45) is 5.92 Å². The van der Waals surface area contributed by atoms with E-state index in [1.807, 2.05) is 46.0 Å². The normalized spacial score (nSPS) is 40.9. The fourth-order valence-electron chi connectivity index (χ4n) is 2.45. The fourth-order valence-corrected chi connectivity index (χ4v) is 3.82. The van der Waals surface area contributed by atoms with Gasteiger partial charge < -0.3 is 10.9 Å². The first-order valence-corrected chi connectivity index (χ1v) is 7.10. The highest BCUT2D eigenvalue weighted by molar-refractivity contribution is 14.1. The molecule has 1 saturated heterocycles. The van der Waals surface area contributed by atoms with Gasteiger partial charge in [0, 0.05) is 11.9 Å². The Morgan fingerprint density at radius 3 is 2.47 bits per heavy atom. The first-order chi connectivity index (χ1) is 7.15. The summed E-state index contributed by atoms with van der Waals surface area (Å²) in [6.07, 6.45) is 2.14. The summed E-state index contributed by atoms with van der Waals surface area (Å²) in [4.78, 5) is 0. The Bertz CT molecular complexity index is 208. The maximum absolute atomic E-state index is 6.09. The fraction of sp³-hybridized carbons (Fsp3) is 1.00. The van der Waals surface area contributed by atoms with Gasteiger partial charge in [0.1, 0.15) is 65.6 Å². The molecule has 3 nitrogen and oxygen atoms in total. The van der Waals surface area contributed by atoms with E-state index in [1.54, 1.807) is 0 Å². The summed E-state index contributed by atoms with van der Waals surface area (Å²) in [6.45, 7) is 4.91. The van der Waals surface area contributed by atoms with Gasteiger partial charge in [-0.05, 0) is 12.8 Å². The van der Waals surface area contributed by atoms with Crippen LogP contribution >= 0.6 is 46.0 Å². The van der Waals surface area contributed by atoms with Gasteiger partial charge >= 0.3 is 0 Å². The molecular formula is C9H17BI2O3. The van der Waals surface area contributed by atoms with Crippen molar-refractivity contribution in [2.75, 3.05) is 6.61 Å². The lowest BCUT2D eigenvalue weighted by Gasteiger charge is -2.31. The number of hydrogen-bond acceptors (Lipinski definition) is 3. The third-order valence-electron chi connectivity index (χ3n) is 3.40. The third kappa shape index (κ3) is 2.81. The monoisotopic (exact) mass is 438 g/mol. The van der Waals surface area contributed by atoms with E-state index < -0.39 is 0 Å². The van der Waals surface area contributed by atoms with E-state index in [2.05, 4.69) is 21.7 Å². The highest BCUT2D eigenvalue weighted by Gasteiger charge is 2.52. The first kappa shape index (κ1) is 14.5. The maximum atomic E-state index is 6.09. The van der Waals surface area contributed by atoms with Gasteiger partial charge in [-0.2, -0.15) is 0 Å². The summed E-state index contributed by atoms with van der Waals surface area (Å²) < 4.78 is 16.9. The lowest BCUT2D eigenvalue weighted by Crippen LogP contribution is -2.44. The Morgan fingerprint density at radius 1 is 1.40 bits per heavy atom. The summed E-state index contributed by atoms with van der Waals surface area (Å²) in [5.41, 5.74) is -0.261. The van der Waals surface area contributed by atoms with Crippen LogP contribution in [0.25, 0.3) is 0 Å². The van der Waals surface area contributed by atoms with Crippen molar-refractivity contribution < 1.29 is 10.9 Å². The Morgan fingerprint density at radius 2 is 2.07 bits per heavy atom. The number of rotatable bonds is 5. The quantitative estimate of drug-likeness (QED) is 0.488. The SMILES string of the molecule is B[C@@H]1O[C@](CC)(COI)[C@@H](OI)[C@H]1CC. The molecule has 0 bridgehead atoms. The van der Waals surface area contributed by atoms with Crippen LogP contribution in [0, 0.1) is 5.92 Å². The average Bonchev–Trinajstić information content (AvgIpc) is 2.51. The lowest BCUT2D eigenvalue weighted by molar-refractivity contribution is -0.0709. The van der Waals surface area contributed by atoms with Crippen LogP contribution in [0.4, 0.5) is 0 Å². The molecule has 0 N–H and O–H groups in total. The van der Waals surface area contributed by atoms with E-state index in [1.165, 1.54) is 0 Å². The number of halogens is 2. The summed E-state index contributed by atoms with van der Waals surface area (Å²) in [5, 5.41) is 0. The molecule has 1 fully saturated rings. The molecule has 1 aliphatic rings.